The van der Waals surface area contributed by atoms with Crippen LogP contribution < -0.4 is 5.32 Å². The second-order valence-electron chi connectivity index (χ2n) is 7.30. The van der Waals surface area contributed by atoms with Gasteiger partial charge in [0.25, 0.3) is 0 Å². The molecule has 0 saturated heterocycles. The fourth-order valence-electron chi connectivity index (χ4n) is 3.50. The zero-order valence-electron chi connectivity index (χ0n) is 15.9. The highest BCUT2D eigenvalue weighted by atomic mass is 32.2. The zero-order chi connectivity index (χ0) is 20.1. The molecule has 0 aliphatic carbocycles. The number of amides is 1. The summed E-state index contributed by atoms with van der Waals surface area (Å²) in [5.74, 6) is -0.287. The average Bonchev–Trinajstić information content (AvgIpc) is 3.08. The van der Waals surface area contributed by atoms with E-state index in [9.17, 15) is 13.2 Å². The minimum absolute atomic E-state index is 0.130. The number of nitrogens with one attached hydrogen (secondary N) is 1. The average molecular weight is 412 g/mol. The maximum Gasteiger partial charge on any atom is 0.225 e. The number of fused-ring (bicyclic) bond motifs is 1. The number of carbonyl (C=O) groups is 1. The fourth-order valence-corrected chi connectivity index (χ4v) is 6.41. The first-order valence-corrected chi connectivity index (χ1v) is 11.4. The van der Waals surface area contributed by atoms with Gasteiger partial charge in [-0.2, -0.15) is 0 Å². The lowest BCUT2D eigenvalue weighted by Gasteiger charge is -2.24. The van der Waals surface area contributed by atoms with Crippen molar-refractivity contribution < 1.29 is 13.2 Å². The molecular weight excluding hydrogens is 390 g/mol. The van der Waals surface area contributed by atoms with Crippen LogP contribution in [0.3, 0.4) is 0 Å². The van der Waals surface area contributed by atoms with Gasteiger partial charge in [-0.15, -0.1) is 11.3 Å². The molecular formula is C22H21NO3S2. The molecule has 144 valence electrons. The quantitative estimate of drug-likeness (QED) is 0.661. The van der Waals surface area contributed by atoms with Crippen molar-refractivity contribution in [1.82, 2.24) is 0 Å². The molecule has 28 heavy (non-hydrogen) atoms. The van der Waals surface area contributed by atoms with Crippen LogP contribution in [0.25, 0.3) is 0 Å². The minimum atomic E-state index is -3.70. The van der Waals surface area contributed by atoms with Crippen LogP contribution in [-0.2, 0) is 14.6 Å². The number of hydrogen-bond donors (Lipinski definition) is 1. The highest BCUT2D eigenvalue weighted by Crippen LogP contribution is 2.46. The van der Waals surface area contributed by atoms with Gasteiger partial charge >= 0.3 is 0 Å². The van der Waals surface area contributed by atoms with E-state index in [1.54, 1.807) is 29.6 Å². The highest BCUT2D eigenvalue weighted by molar-refractivity contribution is 7.91. The third-order valence-electron chi connectivity index (χ3n) is 5.31. The van der Waals surface area contributed by atoms with Crippen LogP contribution in [0, 0.1) is 20.8 Å². The molecule has 0 bridgehead atoms. The Bertz CT molecular complexity index is 1170. The molecule has 0 saturated carbocycles. The van der Waals surface area contributed by atoms with Crippen LogP contribution in [0.4, 0.5) is 5.69 Å². The monoisotopic (exact) mass is 411 g/mol. The van der Waals surface area contributed by atoms with Crippen LogP contribution in [-0.4, -0.2) is 14.3 Å². The Hall–Kier alpha value is -2.44. The van der Waals surface area contributed by atoms with Crippen molar-refractivity contribution in [3.8, 4) is 0 Å². The van der Waals surface area contributed by atoms with Crippen molar-refractivity contribution >= 4 is 32.8 Å². The van der Waals surface area contributed by atoms with Crippen LogP contribution >= 0.6 is 11.3 Å². The first kappa shape index (κ1) is 18.9. The molecule has 1 atom stereocenters. The maximum absolute atomic E-state index is 13.2. The summed E-state index contributed by atoms with van der Waals surface area (Å²) < 4.78 is 26.4. The standard InChI is InChI=1S/C22H21NO3S2/c1-13-4-8-17(9-5-13)28(25,26)19-12-27-22-18(11-20(24)23-21(19)22)16-7-6-14(2)15(3)10-16/h4-10,12,18H,11H2,1-3H3,(H,23,24)/t18-/m1/s1. The van der Waals surface area contributed by atoms with E-state index in [1.807, 2.05) is 19.9 Å². The van der Waals surface area contributed by atoms with Gasteiger partial charge in [0.2, 0.25) is 15.7 Å². The summed E-state index contributed by atoms with van der Waals surface area (Å²) in [6.45, 7) is 6.01. The topological polar surface area (TPSA) is 63.2 Å². The van der Waals surface area contributed by atoms with Crippen molar-refractivity contribution in [3.05, 3.63) is 75.0 Å². The second kappa shape index (κ2) is 6.87. The summed E-state index contributed by atoms with van der Waals surface area (Å²) in [6, 6.07) is 13.0. The Morgan fingerprint density at radius 2 is 1.71 bits per heavy atom. The molecule has 0 radical (unpaired) electrons. The molecule has 0 fully saturated rings. The van der Waals surface area contributed by atoms with E-state index in [4.69, 9.17) is 0 Å². The molecule has 1 aromatic heterocycles. The molecule has 1 aliphatic rings. The number of sulfone groups is 1. The second-order valence-corrected chi connectivity index (χ2v) is 10.1. The normalized spacial score (nSPS) is 16.5. The van der Waals surface area contributed by atoms with Gasteiger partial charge in [0.1, 0.15) is 4.90 Å². The van der Waals surface area contributed by atoms with E-state index < -0.39 is 9.84 Å². The highest BCUT2D eigenvalue weighted by Gasteiger charge is 2.34. The van der Waals surface area contributed by atoms with E-state index in [0.29, 0.717) is 12.1 Å². The largest absolute Gasteiger partial charge is 0.324 e. The lowest BCUT2D eigenvalue weighted by molar-refractivity contribution is -0.116. The van der Waals surface area contributed by atoms with Crippen molar-refractivity contribution in [1.29, 1.82) is 0 Å². The number of benzene rings is 2. The third-order valence-corrected chi connectivity index (χ3v) is 8.35. The van der Waals surface area contributed by atoms with E-state index in [2.05, 4.69) is 24.4 Å². The molecule has 0 unspecified atom stereocenters. The number of thiophene rings is 1. The van der Waals surface area contributed by atoms with E-state index in [0.717, 1.165) is 21.6 Å². The first-order chi connectivity index (χ1) is 13.3. The predicted molar refractivity (Wildman–Crippen MR) is 112 cm³/mol. The van der Waals surface area contributed by atoms with Crippen LogP contribution in [0.5, 0.6) is 0 Å². The molecule has 6 heteroatoms. The van der Waals surface area contributed by atoms with E-state index in [-0.39, 0.29) is 21.6 Å². The van der Waals surface area contributed by atoms with Crippen molar-refractivity contribution in [2.75, 3.05) is 5.32 Å². The Morgan fingerprint density at radius 1 is 1.00 bits per heavy atom. The lowest BCUT2D eigenvalue weighted by Crippen LogP contribution is -2.23. The van der Waals surface area contributed by atoms with Gasteiger partial charge < -0.3 is 5.32 Å². The summed E-state index contributed by atoms with van der Waals surface area (Å²) >= 11 is 1.40. The lowest BCUT2D eigenvalue weighted by atomic mass is 9.89. The molecule has 1 aliphatic heterocycles. The van der Waals surface area contributed by atoms with Gasteiger partial charge in [0.15, 0.2) is 0 Å². The molecule has 4 rings (SSSR count). The van der Waals surface area contributed by atoms with Gasteiger partial charge in [0.05, 0.1) is 10.6 Å². The number of hydrogen-bond acceptors (Lipinski definition) is 4. The molecule has 1 amide bonds. The summed E-state index contributed by atoms with van der Waals surface area (Å²) in [5.41, 5.74) is 4.83. The van der Waals surface area contributed by atoms with Gasteiger partial charge in [-0.3, -0.25) is 4.79 Å². The van der Waals surface area contributed by atoms with E-state index >= 15 is 0 Å². The maximum atomic E-state index is 13.2. The smallest absolute Gasteiger partial charge is 0.225 e. The first-order valence-electron chi connectivity index (χ1n) is 9.07. The van der Waals surface area contributed by atoms with Gasteiger partial charge in [-0.05, 0) is 49.6 Å². The number of rotatable bonds is 3. The van der Waals surface area contributed by atoms with Crippen LogP contribution in [0.1, 0.15) is 39.5 Å². The van der Waals surface area contributed by atoms with Crippen LogP contribution in [0.2, 0.25) is 0 Å². The van der Waals surface area contributed by atoms with Gasteiger partial charge in [-0.25, -0.2) is 8.42 Å². The summed E-state index contributed by atoms with van der Waals surface area (Å²) in [5, 5.41) is 4.47. The number of anilines is 1. The van der Waals surface area contributed by atoms with Crippen molar-refractivity contribution in [2.24, 2.45) is 0 Å². The van der Waals surface area contributed by atoms with Crippen molar-refractivity contribution in [2.45, 2.75) is 42.9 Å². The predicted octanol–water partition coefficient (Wildman–Crippen LogP) is 4.98. The Balaban J connectivity index is 1.82. The summed E-state index contributed by atoms with van der Waals surface area (Å²) in [4.78, 5) is 13.7. The molecule has 4 nitrogen and oxygen atoms in total. The van der Waals surface area contributed by atoms with E-state index in [1.165, 1.54) is 16.9 Å². The van der Waals surface area contributed by atoms with Gasteiger partial charge in [0, 0.05) is 22.6 Å². The molecule has 2 aromatic carbocycles. The SMILES string of the molecule is Cc1ccc(S(=O)(=O)c2csc3c2NC(=O)C[C@@H]3c2ccc(C)c(C)c2)cc1. The summed E-state index contributed by atoms with van der Waals surface area (Å²) in [6.07, 6.45) is 0.319. The van der Waals surface area contributed by atoms with Crippen LogP contribution in [0.15, 0.2) is 57.6 Å². The zero-order valence-corrected chi connectivity index (χ0v) is 17.6. The van der Waals surface area contributed by atoms with Crippen molar-refractivity contribution in [3.63, 3.8) is 0 Å². The number of aryl methyl sites for hydroxylation is 3. The Labute approximate surface area is 169 Å². The number of carbonyl (C=O) groups excluding carboxylic acids is 1. The summed E-state index contributed by atoms with van der Waals surface area (Å²) in [7, 11) is -3.70. The third kappa shape index (κ3) is 3.16. The fraction of sp³-hybridized carbons (Fsp3) is 0.227. The van der Waals surface area contributed by atoms with Gasteiger partial charge in [-0.1, -0.05) is 35.9 Å². The molecule has 3 aromatic rings. The molecule has 2 heterocycles. The molecule has 0 spiro atoms. The Morgan fingerprint density at radius 3 is 2.39 bits per heavy atom. The molecule has 1 N–H and O–H groups in total. The Kier molecular flexibility index (Phi) is 4.63. The minimum Gasteiger partial charge on any atom is -0.324 e.